The predicted octanol–water partition coefficient (Wildman–Crippen LogP) is 4.54. The van der Waals surface area contributed by atoms with Crippen LogP contribution in [-0.4, -0.2) is 29.0 Å². The van der Waals surface area contributed by atoms with Crippen LogP contribution in [0.2, 0.25) is 0 Å². The largest absolute Gasteiger partial charge is 0.499 e. The Labute approximate surface area is 146 Å². The third-order valence-corrected chi connectivity index (χ3v) is 4.19. The topological polar surface area (TPSA) is 93.1 Å². The van der Waals surface area contributed by atoms with Crippen LogP contribution in [0.1, 0.15) is 84.0 Å². The molecule has 144 valence electrons. The predicted molar refractivity (Wildman–Crippen MR) is 94.3 cm³/mol. The molecule has 0 aromatic rings. The van der Waals surface area contributed by atoms with Crippen molar-refractivity contribution in [1.29, 1.82) is 0 Å². The van der Waals surface area contributed by atoms with Gasteiger partial charge >= 0.3 is 13.8 Å². The summed E-state index contributed by atoms with van der Waals surface area (Å²) in [6.07, 6.45) is 15.3. The number of carbonyl (C=O) groups excluding carboxylic acids is 1. The van der Waals surface area contributed by atoms with Crippen molar-refractivity contribution in [2.24, 2.45) is 0 Å². The molecule has 0 rings (SSSR count). The summed E-state index contributed by atoms with van der Waals surface area (Å²) >= 11 is 0. The van der Waals surface area contributed by atoms with Crippen LogP contribution in [0.3, 0.4) is 0 Å². The Bertz CT molecular complexity index is 342. The maximum atomic E-state index is 11.4. The van der Waals surface area contributed by atoms with E-state index < -0.39 is 7.82 Å². The maximum absolute atomic E-state index is 11.4. The van der Waals surface area contributed by atoms with Crippen LogP contribution in [0.5, 0.6) is 0 Å². The number of esters is 1. The lowest BCUT2D eigenvalue weighted by Crippen LogP contribution is -2.08. The first-order chi connectivity index (χ1) is 11.5. The van der Waals surface area contributed by atoms with Gasteiger partial charge in [-0.15, -0.1) is 0 Å². The molecular formula is C17H34O6P-. The number of rotatable bonds is 17. The van der Waals surface area contributed by atoms with Crippen LogP contribution < -0.4 is 0 Å². The summed E-state index contributed by atoms with van der Waals surface area (Å²) in [7, 11) is -4.44. The summed E-state index contributed by atoms with van der Waals surface area (Å²) in [6.45, 7) is 2.00. The molecule has 0 spiro atoms. The van der Waals surface area contributed by atoms with E-state index >= 15 is 0 Å². The van der Waals surface area contributed by atoms with Gasteiger partial charge in [-0.1, -0.05) is 77.7 Å². The van der Waals surface area contributed by atoms with Crippen molar-refractivity contribution < 1.29 is 28.4 Å². The fourth-order valence-electron chi connectivity index (χ4n) is 2.36. The molecule has 0 aromatic heterocycles. The number of phosphoric ester groups is 1. The standard InChI is InChI=1S/C17H34O6P/c1-2-3-4-5-6-7-8-9-10-11-12-14-17(18)22-15-13-16-23-24(19,20)21/h13H,2-12,14-16H2,1H3,(H2,19,20,21)/q-1. The average molecular weight is 365 g/mol. The molecule has 0 heterocycles. The summed E-state index contributed by atoms with van der Waals surface area (Å²) in [5, 5.41) is 0. The van der Waals surface area contributed by atoms with E-state index in [0.717, 1.165) is 19.3 Å². The Morgan fingerprint density at radius 3 is 1.88 bits per heavy atom. The highest BCUT2D eigenvalue weighted by atomic mass is 31.2. The van der Waals surface area contributed by atoms with Gasteiger partial charge < -0.3 is 19.0 Å². The van der Waals surface area contributed by atoms with Crippen LogP contribution in [0.4, 0.5) is 0 Å². The van der Waals surface area contributed by atoms with E-state index in [2.05, 4.69) is 11.4 Å². The van der Waals surface area contributed by atoms with E-state index in [0.29, 0.717) is 6.42 Å². The first-order valence-electron chi connectivity index (χ1n) is 9.13. The van der Waals surface area contributed by atoms with Crippen LogP contribution in [-0.2, 0) is 18.6 Å². The van der Waals surface area contributed by atoms with Gasteiger partial charge in [-0.3, -0.25) is 11.2 Å². The van der Waals surface area contributed by atoms with Gasteiger partial charge in [-0.25, -0.2) is 4.57 Å². The Morgan fingerprint density at radius 1 is 0.875 bits per heavy atom. The summed E-state index contributed by atoms with van der Waals surface area (Å²) in [4.78, 5) is 28.3. The fourth-order valence-corrected chi connectivity index (χ4v) is 2.66. The van der Waals surface area contributed by atoms with Crippen LogP contribution in [0, 0.1) is 6.42 Å². The van der Waals surface area contributed by atoms with Crippen molar-refractivity contribution in [2.75, 3.05) is 13.2 Å². The van der Waals surface area contributed by atoms with Crippen molar-refractivity contribution in [3.05, 3.63) is 6.42 Å². The Morgan fingerprint density at radius 2 is 1.38 bits per heavy atom. The van der Waals surface area contributed by atoms with Crippen LogP contribution in [0.15, 0.2) is 0 Å². The van der Waals surface area contributed by atoms with Gasteiger partial charge in [-0.2, -0.15) is 0 Å². The average Bonchev–Trinajstić information content (AvgIpc) is 2.51. The van der Waals surface area contributed by atoms with E-state index in [1.165, 1.54) is 57.8 Å². The van der Waals surface area contributed by atoms with E-state index in [1.807, 2.05) is 0 Å². The third kappa shape index (κ3) is 19.6. The van der Waals surface area contributed by atoms with Gasteiger partial charge in [0.05, 0.1) is 0 Å². The smallest absolute Gasteiger partial charge is 0.467 e. The Hall–Kier alpha value is -0.420. The second-order valence-electron chi connectivity index (χ2n) is 6.04. The monoisotopic (exact) mass is 365 g/mol. The van der Waals surface area contributed by atoms with E-state index in [4.69, 9.17) is 14.5 Å². The van der Waals surface area contributed by atoms with Crippen molar-refractivity contribution in [1.82, 2.24) is 0 Å². The maximum Gasteiger partial charge on any atom is 0.467 e. The lowest BCUT2D eigenvalue weighted by atomic mass is 10.1. The highest BCUT2D eigenvalue weighted by Crippen LogP contribution is 2.35. The third-order valence-electron chi connectivity index (χ3n) is 3.71. The fraction of sp³-hybridized carbons (Fsp3) is 0.882. The molecule has 0 saturated carbocycles. The van der Waals surface area contributed by atoms with Crippen LogP contribution in [0.25, 0.3) is 0 Å². The molecule has 0 aromatic carbocycles. The molecule has 0 aliphatic rings. The molecule has 0 amide bonds. The number of hydrogen-bond acceptors (Lipinski definition) is 4. The molecule has 0 saturated heterocycles. The number of carbonyl (C=O) groups is 1. The highest BCUT2D eigenvalue weighted by molar-refractivity contribution is 7.46. The SMILES string of the molecule is CCCCCCCCCCCCCC(=O)OC[CH-]COP(=O)(O)O. The summed E-state index contributed by atoms with van der Waals surface area (Å²) in [5.41, 5.74) is 0. The molecule has 0 aliphatic carbocycles. The number of ether oxygens (including phenoxy) is 1. The van der Waals surface area contributed by atoms with Crippen molar-refractivity contribution in [3.63, 3.8) is 0 Å². The molecular weight excluding hydrogens is 331 g/mol. The molecule has 2 N–H and O–H groups in total. The quantitative estimate of drug-likeness (QED) is 0.170. The first-order valence-corrected chi connectivity index (χ1v) is 10.7. The van der Waals surface area contributed by atoms with Gasteiger partial charge in [0.2, 0.25) is 0 Å². The normalized spacial score (nSPS) is 11.6. The second kappa shape index (κ2) is 16.1. The molecule has 0 aliphatic heterocycles. The Balaban J connectivity index is 3.22. The molecule has 7 heteroatoms. The van der Waals surface area contributed by atoms with E-state index in [-0.39, 0.29) is 19.2 Å². The number of phosphoric acid groups is 1. The van der Waals surface area contributed by atoms with Crippen molar-refractivity contribution in [2.45, 2.75) is 84.0 Å². The molecule has 24 heavy (non-hydrogen) atoms. The molecule has 0 unspecified atom stereocenters. The van der Waals surface area contributed by atoms with Gasteiger partial charge in [0.1, 0.15) is 0 Å². The molecule has 0 radical (unpaired) electrons. The van der Waals surface area contributed by atoms with Gasteiger partial charge in [-0.05, 0) is 13.0 Å². The zero-order valence-electron chi connectivity index (χ0n) is 15.0. The molecule has 6 nitrogen and oxygen atoms in total. The second-order valence-corrected chi connectivity index (χ2v) is 7.28. The zero-order chi connectivity index (χ0) is 18.1. The zero-order valence-corrected chi connectivity index (χ0v) is 15.8. The first kappa shape index (κ1) is 23.6. The molecule has 0 atom stereocenters. The molecule has 0 fully saturated rings. The minimum atomic E-state index is -4.44. The molecule has 0 bridgehead atoms. The highest BCUT2D eigenvalue weighted by Gasteiger charge is 2.09. The van der Waals surface area contributed by atoms with E-state index in [9.17, 15) is 9.36 Å². The van der Waals surface area contributed by atoms with Gasteiger partial charge in [0.25, 0.3) is 0 Å². The minimum absolute atomic E-state index is 0.0108. The van der Waals surface area contributed by atoms with Gasteiger partial charge in [0, 0.05) is 6.42 Å². The summed E-state index contributed by atoms with van der Waals surface area (Å²) in [5.74, 6) is -0.279. The summed E-state index contributed by atoms with van der Waals surface area (Å²) in [6, 6.07) is 0. The number of hydrogen-bond donors (Lipinski definition) is 2. The Kier molecular flexibility index (Phi) is 15.8. The lowest BCUT2D eigenvalue weighted by molar-refractivity contribution is -0.143. The van der Waals surface area contributed by atoms with Crippen LogP contribution >= 0.6 is 7.82 Å². The number of unbranched alkanes of at least 4 members (excludes halogenated alkanes) is 10. The van der Waals surface area contributed by atoms with E-state index in [1.54, 1.807) is 0 Å². The lowest BCUT2D eigenvalue weighted by Gasteiger charge is -2.13. The minimum Gasteiger partial charge on any atom is -0.499 e. The van der Waals surface area contributed by atoms with Crippen molar-refractivity contribution in [3.8, 4) is 0 Å². The summed E-state index contributed by atoms with van der Waals surface area (Å²) < 4.78 is 19.5. The van der Waals surface area contributed by atoms with Gasteiger partial charge in [0.15, 0.2) is 0 Å². The van der Waals surface area contributed by atoms with Crippen molar-refractivity contribution >= 4 is 13.8 Å².